The van der Waals surface area contributed by atoms with Gasteiger partial charge < -0.3 is 14.0 Å². The van der Waals surface area contributed by atoms with E-state index in [4.69, 9.17) is 9.47 Å². The number of fused-ring (bicyclic) bond motifs is 1. The number of carbonyl (C=O) groups is 2. The lowest BCUT2D eigenvalue weighted by atomic mass is 10.2. The molecule has 6 nitrogen and oxygen atoms in total. The van der Waals surface area contributed by atoms with E-state index in [9.17, 15) is 9.59 Å². The Bertz CT molecular complexity index is 1100. The minimum absolute atomic E-state index is 0.311. The monoisotopic (exact) mass is 426 g/mol. The van der Waals surface area contributed by atoms with Crippen molar-refractivity contribution >= 4 is 33.4 Å². The molecule has 0 atom stereocenters. The van der Waals surface area contributed by atoms with Crippen molar-refractivity contribution in [2.45, 2.75) is 39.7 Å². The minimum Gasteiger partial charge on any atom is -0.494 e. The summed E-state index contributed by atoms with van der Waals surface area (Å²) in [6.45, 7) is 5.49. The number of esters is 1. The molecular formula is C23H26N2O4S. The van der Waals surface area contributed by atoms with Gasteiger partial charge in [0, 0.05) is 12.1 Å². The van der Waals surface area contributed by atoms with Gasteiger partial charge in [-0.1, -0.05) is 31.1 Å². The van der Waals surface area contributed by atoms with E-state index < -0.39 is 0 Å². The highest BCUT2D eigenvalue weighted by Crippen LogP contribution is 2.20. The lowest BCUT2D eigenvalue weighted by Crippen LogP contribution is -2.15. The first-order valence-corrected chi connectivity index (χ1v) is 10.9. The zero-order chi connectivity index (χ0) is 21.5. The summed E-state index contributed by atoms with van der Waals surface area (Å²) >= 11 is 1.38. The molecule has 0 bridgehead atoms. The van der Waals surface area contributed by atoms with E-state index in [0.29, 0.717) is 29.1 Å². The number of aromatic nitrogens is 1. The van der Waals surface area contributed by atoms with Gasteiger partial charge in [-0.25, -0.2) is 4.79 Å². The molecule has 158 valence electrons. The first-order chi connectivity index (χ1) is 14.6. The van der Waals surface area contributed by atoms with Gasteiger partial charge in [0.2, 0.25) is 0 Å². The minimum atomic E-state index is -0.389. The molecule has 3 rings (SSSR count). The molecule has 0 aliphatic rings. The number of nitrogens with zero attached hydrogens (tertiary/aromatic N) is 2. The Labute approximate surface area is 179 Å². The van der Waals surface area contributed by atoms with Crippen molar-refractivity contribution in [3.05, 3.63) is 58.4 Å². The first-order valence-electron chi connectivity index (χ1n) is 10.1. The molecule has 0 saturated heterocycles. The lowest BCUT2D eigenvalue weighted by molar-refractivity contribution is 0.0600. The van der Waals surface area contributed by atoms with Crippen molar-refractivity contribution < 1.29 is 19.1 Å². The number of rotatable bonds is 8. The molecule has 7 heteroatoms. The summed E-state index contributed by atoms with van der Waals surface area (Å²) in [6.07, 6.45) is 3.31. The van der Waals surface area contributed by atoms with Crippen molar-refractivity contribution in [1.29, 1.82) is 0 Å². The predicted molar refractivity (Wildman–Crippen MR) is 118 cm³/mol. The molecule has 0 fully saturated rings. The maximum absolute atomic E-state index is 12.7. The number of unbranched alkanes of at least 4 members (excludes halogenated alkanes) is 2. The molecule has 2 aromatic carbocycles. The van der Waals surface area contributed by atoms with Gasteiger partial charge in [0.25, 0.3) is 5.91 Å². The summed E-state index contributed by atoms with van der Waals surface area (Å²) < 4.78 is 13.3. The molecular weight excluding hydrogens is 400 g/mol. The van der Waals surface area contributed by atoms with Gasteiger partial charge in [-0.2, -0.15) is 4.99 Å². The summed E-state index contributed by atoms with van der Waals surface area (Å²) in [5.41, 5.74) is 1.91. The van der Waals surface area contributed by atoms with E-state index in [0.717, 1.165) is 35.2 Å². The van der Waals surface area contributed by atoms with Gasteiger partial charge >= 0.3 is 5.97 Å². The highest BCUT2D eigenvalue weighted by Gasteiger charge is 2.12. The summed E-state index contributed by atoms with van der Waals surface area (Å²) in [4.78, 5) is 29.4. The van der Waals surface area contributed by atoms with Crippen LogP contribution >= 0.6 is 11.3 Å². The highest BCUT2D eigenvalue weighted by atomic mass is 32.1. The van der Waals surface area contributed by atoms with Gasteiger partial charge in [0.15, 0.2) is 4.80 Å². The Hall–Kier alpha value is -2.93. The Morgan fingerprint density at radius 2 is 1.77 bits per heavy atom. The van der Waals surface area contributed by atoms with E-state index >= 15 is 0 Å². The van der Waals surface area contributed by atoms with Crippen molar-refractivity contribution in [2.75, 3.05) is 13.7 Å². The van der Waals surface area contributed by atoms with Crippen LogP contribution < -0.4 is 9.54 Å². The predicted octanol–water partition coefficient (Wildman–Crippen LogP) is 4.82. The molecule has 0 unspecified atom stereocenters. The van der Waals surface area contributed by atoms with Gasteiger partial charge in [-0.3, -0.25) is 4.79 Å². The number of hydrogen-bond donors (Lipinski definition) is 0. The van der Waals surface area contributed by atoms with E-state index in [1.807, 2.05) is 17.6 Å². The van der Waals surface area contributed by atoms with Crippen LogP contribution in [0.4, 0.5) is 0 Å². The van der Waals surface area contributed by atoms with Crippen molar-refractivity contribution in [3.8, 4) is 5.75 Å². The first kappa shape index (κ1) is 21.8. The summed E-state index contributed by atoms with van der Waals surface area (Å²) in [7, 11) is 1.36. The summed E-state index contributed by atoms with van der Waals surface area (Å²) in [6, 6.07) is 12.4. The molecule has 0 aliphatic carbocycles. The maximum Gasteiger partial charge on any atom is 0.337 e. The highest BCUT2D eigenvalue weighted by molar-refractivity contribution is 7.16. The third kappa shape index (κ3) is 4.97. The molecule has 1 aromatic heterocycles. The largest absolute Gasteiger partial charge is 0.494 e. The smallest absolute Gasteiger partial charge is 0.337 e. The average molecular weight is 427 g/mol. The molecule has 1 heterocycles. The maximum atomic E-state index is 12.7. The number of aryl methyl sites for hydroxylation is 1. The van der Waals surface area contributed by atoms with Gasteiger partial charge in [-0.15, -0.1) is 0 Å². The molecule has 0 radical (unpaired) electrons. The number of carbonyl (C=O) groups excluding carboxylic acids is 2. The SMILES string of the molecule is CCCCCOc1ccc(C(=O)N=c2sc3cc(C(=O)OC)ccc3n2CC)cc1. The zero-order valence-electron chi connectivity index (χ0n) is 17.5. The lowest BCUT2D eigenvalue weighted by Gasteiger charge is -2.05. The molecule has 0 aliphatic heterocycles. The second kappa shape index (κ2) is 10.2. The van der Waals surface area contributed by atoms with Crippen LogP contribution in [-0.4, -0.2) is 30.2 Å². The zero-order valence-corrected chi connectivity index (χ0v) is 18.3. The van der Waals surface area contributed by atoms with Crippen LogP contribution in [0, 0.1) is 0 Å². The quantitative estimate of drug-likeness (QED) is 0.382. The molecule has 30 heavy (non-hydrogen) atoms. The van der Waals surface area contributed by atoms with E-state index in [2.05, 4.69) is 11.9 Å². The summed E-state index contributed by atoms with van der Waals surface area (Å²) in [5, 5.41) is 0. The second-order valence-electron chi connectivity index (χ2n) is 6.80. The van der Waals surface area contributed by atoms with Crippen LogP contribution in [0.2, 0.25) is 0 Å². The number of methoxy groups -OCH3 is 1. The number of thiazole rings is 1. The van der Waals surface area contributed by atoms with Crippen LogP contribution in [0.1, 0.15) is 53.8 Å². The fourth-order valence-electron chi connectivity index (χ4n) is 3.10. The van der Waals surface area contributed by atoms with Crippen LogP contribution in [0.25, 0.3) is 10.2 Å². The number of amides is 1. The third-order valence-electron chi connectivity index (χ3n) is 4.74. The average Bonchev–Trinajstić information content (AvgIpc) is 3.12. The Morgan fingerprint density at radius 1 is 1.03 bits per heavy atom. The Morgan fingerprint density at radius 3 is 2.43 bits per heavy atom. The van der Waals surface area contributed by atoms with Crippen molar-refractivity contribution in [1.82, 2.24) is 4.57 Å². The Balaban J connectivity index is 1.84. The topological polar surface area (TPSA) is 69.9 Å². The van der Waals surface area contributed by atoms with E-state index in [-0.39, 0.29) is 11.9 Å². The van der Waals surface area contributed by atoms with Crippen LogP contribution in [0.3, 0.4) is 0 Å². The number of ether oxygens (including phenoxy) is 2. The normalized spacial score (nSPS) is 11.6. The third-order valence-corrected chi connectivity index (χ3v) is 5.78. The van der Waals surface area contributed by atoms with Gasteiger partial charge in [0.05, 0.1) is 29.5 Å². The Kier molecular flexibility index (Phi) is 7.41. The van der Waals surface area contributed by atoms with Crippen LogP contribution in [0.15, 0.2) is 47.5 Å². The summed E-state index contributed by atoms with van der Waals surface area (Å²) in [5.74, 6) is 0.0536. The van der Waals surface area contributed by atoms with Gasteiger partial charge in [0.1, 0.15) is 5.75 Å². The number of hydrogen-bond acceptors (Lipinski definition) is 5. The second-order valence-corrected chi connectivity index (χ2v) is 7.81. The fraction of sp³-hybridized carbons (Fsp3) is 0.348. The van der Waals surface area contributed by atoms with E-state index in [1.54, 1.807) is 36.4 Å². The molecule has 3 aromatic rings. The van der Waals surface area contributed by atoms with Gasteiger partial charge in [-0.05, 0) is 55.8 Å². The molecule has 0 saturated carbocycles. The van der Waals surface area contributed by atoms with E-state index in [1.165, 1.54) is 18.4 Å². The van der Waals surface area contributed by atoms with Crippen LogP contribution in [-0.2, 0) is 11.3 Å². The number of benzene rings is 2. The van der Waals surface area contributed by atoms with Crippen LogP contribution in [0.5, 0.6) is 5.75 Å². The molecule has 0 spiro atoms. The molecule has 1 amide bonds. The van der Waals surface area contributed by atoms with Crippen molar-refractivity contribution in [2.24, 2.45) is 4.99 Å². The standard InChI is InChI=1S/C23H26N2O4S/c1-4-6-7-14-29-18-11-8-16(9-12-18)21(26)24-23-25(5-2)19-13-10-17(22(27)28-3)15-20(19)30-23/h8-13,15H,4-7,14H2,1-3H3. The molecule has 0 N–H and O–H groups in total. The van der Waals surface area contributed by atoms with Crippen molar-refractivity contribution in [3.63, 3.8) is 0 Å². The fourth-order valence-corrected chi connectivity index (χ4v) is 4.23.